The number of hydrogen-bond acceptors (Lipinski definition) is 11. The Hall–Kier alpha value is -5.50. The first-order valence-electron chi connectivity index (χ1n) is 20.6. The number of piperidine rings is 2. The van der Waals surface area contributed by atoms with Crippen LogP contribution in [0.3, 0.4) is 0 Å². The highest BCUT2D eigenvalue weighted by Crippen LogP contribution is 2.33. The Labute approximate surface area is 338 Å². The van der Waals surface area contributed by atoms with E-state index in [0.717, 1.165) is 122 Å². The normalized spacial score (nSPS) is 23.4. The fourth-order valence-electron chi connectivity index (χ4n) is 8.76. The van der Waals surface area contributed by atoms with Crippen LogP contribution in [0.15, 0.2) is 66.9 Å². The average Bonchev–Trinajstić information content (AvgIpc) is 3.47. The number of piperazine rings is 1. The number of benzene rings is 2. The van der Waals surface area contributed by atoms with Crippen LogP contribution in [-0.2, 0) is 14.3 Å². The number of imide groups is 2. The molecule has 13 nitrogen and oxygen atoms in total. The van der Waals surface area contributed by atoms with E-state index in [1.54, 1.807) is 12.1 Å². The first-order valence-corrected chi connectivity index (χ1v) is 20.6. The number of nitrogens with zero attached hydrogens (tertiary/aromatic N) is 6. The number of carbonyl (C=O) groups excluding carboxylic acids is 4. The van der Waals surface area contributed by atoms with Crippen LogP contribution in [0.2, 0.25) is 0 Å². The molecule has 2 aromatic heterocycles. The van der Waals surface area contributed by atoms with Crippen molar-refractivity contribution in [3.05, 3.63) is 94.9 Å². The molecular weight excluding hydrogens is 735 g/mol. The molecule has 5 aliphatic rings. The smallest absolute Gasteiger partial charge is 0.262 e. The Morgan fingerprint density at radius 1 is 0.759 bits per heavy atom. The van der Waals surface area contributed by atoms with Crippen LogP contribution in [0, 0.1) is 6.92 Å². The zero-order valence-corrected chi connectivity index (χ0v) is 32.8. The second-order valence-corrected chi connectivity index (χ2v) is 16.2. The van der Waals surface area contributed by atoms with E-state index in [2.05, 4.69) is 49.3 Å². The molecule has 4 aromatic rings. The summed E-state index contributed by atoms with van der Waals surface area (Å²) < 4.78 is 12.8. The first kappa shape index (κ1) is 38.0. The number of nitrogens with one attached hydrogen (secondary N) is 1. The summed E-state index contributed by atoms with van der Waals surface area (Å²) in [6.45, 7) is 9.59. The molecule has 58 heavy (non-hydrogen) atoms. The minimum absolute atomic E-state index is 0.103. The van der Waals surface area contributed by atoms with Gasteiger partial charge in [-0.3, -0.25) is 39.3 Å². The highest BCUT2D eigenvalue weighted by atomic mass is 16.5. The van der Waals surface area contributed by atoms with Crippen LogP contribution in [-0.4, -0.2) is 125 Å². The maximum absolute atomic E-state index is 13.3. The van der Waals surface area contributed by atoms with E-state index < -0.39 is 23.8 Å². The predicted molar refractivity (Wildman–Crippen MR) is 219 cm³/mol. The Morgan fingerprint density at radius 3 is 2.31 bits per heavy atom. The summed E-state index contributed by atoms with van der Waals surface area (Å²) in [5.74, 6) is -1.05. The lowest BCUT2D eigenvalue weighted by molar-refractivity contribution is -0.136. The van der Waals surface area contributed by atoms with Gasteiger partial charge in [-0.25, -0.2) is 4.98 Å². The Morgan fingerprint density at radius 2 is 1.53 bits per heavy atom. The lowest BCUT2D eigenvalue weighted by atomic mass is 9.91. The quantitative estimate of drug-likeness (QED) is 0.212. The maximum Gasteiger partial charge on any atom is 0.262 e. The van der Waals surface area contributed by atoms with E-state index >= 15 is 0 Å². The Kier molecular flexibility index (Phi) is 10.8. The molecule has 1 unspecified atom stereocenters. The number of anilines is 1. The molecule has 6 heterocycles. The van der Waals surface area contributed by atoms with Gasteiger partial charge >= 0.3 is 0 Å². The minimum atomic E-state index is -0.958. The van der Waals surface area contributed by atoms with Crippen LogP contribution in [0.1, 0.15) is 76.2 Å². The van der Waals surface area contributed by atoms with Gasteiger partial charge in [0.1, 0.15) is 17.9 Å². The molecule has 3 saturated heterocycles. The Balaban J connectivity index is 0.669. The van der Waals surface area contributed by atoms with Crippen molar-refractivity contribution in [1.29, 1.82) is 0 Å². The summed E-state index contributed by atoms with van der Waals surface area (Å²) in [6.07, 6.45) is 10.8. The topological polar surface area (TPSA) is 138 Å². The van der Waals surface area contributed by atoms with Gasteiger partial charge in [-0.2, -0.15) is 0 Å². The molecule has 1 saturated carbocycles. The lowest BCUT2D eigenvalue weighted by Crippen LogP contribution is -2.54. The molecule has 0 bridgehead atoms. The number of aryl methyl sites for hydroxylation is 1. The first-order chi connectivity index (χ1) is 28.2. The molecule has 1 aliphatic carbocycles. The summed E-state index contributed by atoms with van der Waals surface area (Å²) in [5, 5.41) is 3.31. The van der Waals surface area contributed by atoms with Crippen molar-refractivity contribution >= 4 is 52.4 Å². The summed E-state index contributed by atoms with van der Waals surface area (Å²) in [7, 11) is 0. The lowest BCUT2D eigenvalue weighted by Gasteiger charge is -2.40. The second kappa shape index (κ2) is 16.4. The fourth-order valence-corrected chi connectivity index (χ4v) is 8.76. The van der Waals surface area contributed by atoms with E-state index in [1.807, 2.05) is 49.5 Å². The van der Waals surface area contributed by atoms with Crippen LogP contribution in [0.25, 0.3) is 23.1 Å². The maximum atomic E-state index is 13.3. The van der Waals surface area contributed by atoms with Crippen LogP contribution in [0.4, 0.5) is 5.69 Å². The number of pyridine rings is 2. The zero-order valence-electron chi connectivity index (χ0n) is 32.8. The SMILES string of the molecule is Cc1cc(/C=C/c2ccc3cc(O[C@H]4C[C@H](OC5CCN(CCN6CCN(c7ccc8c(c7)C(=O)N(C7CCC(=O)NC7=O)C8=O)CC6)CC5)C4)ccc3n2)ccn1. The van der Waals surface area contributed by atoms with Crippen molar-refractivity contribution in [1.82, 2.24) is 30.0 Å². The summed E-state index contributed by atoms with van der Waals surface area (Å²) in [4.78, 5) is 67.8. The fraction of sp³-hybridized carbons (Fsp3) is 0.422. The summed E-state index contributed by atoms with van der Waals surface area (Å²) in [6, 6.07) is 18.7. The number of ether oxygens (including phenoxy) is 2. The molecule has 4 aliphatic heterocycles. The van der Waals surface area contributed by atoms with Crippen LogP contribution < -0.4 is 15.0 Å². The Bertz CT molecular complexity index is 2260. The third kappa shape index (κ3) is 8.25. The number of aromatic nitrogens is 2. The molecule has 4 fully saturated rings. The van der Waals surface area contributed by atoms with E-state index in [4.69, 9.17) is 14.5 Å². The van der Waals surface area contributed by atoms with Gasteiger partial charge in [0.2, 0.25) is 11.8 Å². The van der Waals surface area contributed by atoms with E-state index in [-0.39, 0.29) is 31.0 Å². The van der Waals surface area contributed by atoms with Crippen LogP contribution in [0.5, 0.6) is 5.75 Å². The van der Waals surface area contributed by atoms with E-state index in [1.165, 1.54) is 0 Å². The predicted octanol–water partition coefficient (Wildman–Crippen LogP) is 4.72. The average molecular weight is 784 g/mol. The number of likely N-dealkylation sites (tertiary alicyclic amines) is 1. The molecule has 4 amide bonds. The second-order valence-electron chi connectivity index (χ2n) is 16.2. The number of hydrogen-bond donors (Lipinski definition) is 1. The van der Waals surface area contributed by atoms with Crippen molar-refractivity contribution in [2.75, 3.05) is 57.3 Å². The molecule has 13 heteroatoms. The molecule has 0 spiro atoms. The van der Waals surface area contributed by atoms with Gasteiger partial charge in [-0.15, -0.1) is 0 Å². The molecule has 0 radical (unpaired) electrons. The van der Waals surface area contributed by atoms with Gasteiger partial charge < -0.3 is 19.3 Å². The number of fused-ring (bicyclic) bond motifs is 2. The van der Waals surface area contributed by atoms with Gasteiger partial charge in [0, 0.05) is 94.6 Å². The monoisotopic (exact) mass is 783 g/mol. The molecule has 1 atom stereocenters. The number of amides is 4. The standard InChI is InChI=1S/C45H49N7O6/c1-29-24-30(12-15-46-29)2-4-32-5-3-31-25-35(7-9-40(31)47-32)58-37-27-36(28-37)57-34-13-16-49(17-14-34)18-19-50-20-22-51(23-21-50)33-6-8-38-39(26-33)45(56)52(44(38)55)41-10-11-42(53)48-43(41)54/h2-9,12,15,24-26,34,36-37,41H,10-11,13-14,16-23,27-28H2,1H3,(H,48,53,54)/b4-2+/t36-,37-,41?. The molecule has 300 valence electrons. The van der Waals surface area contributed by atoms with Crippen molar-refractivity contribution < 1.29 is 28.7 Å². The highest BCUT2D eigenvalue weighted by molar-refractivity contribution is 6.23. The zero-order chi connectivity index (χ0) is 39.8. The largest absolute Gasteiger partial charge is 0.490 e. The third-order valence-electron chi connectivity index (χ3n) is 12.2. The highest BCUT2D eigenvalue weighted by Gasteiger charge is 2.45. The summed E-state index contributed by atoms with van der Waals surface area (Å²) >= 11 is 0. The van der Waals surface area contributed by atoms with Crippen molar-refractivity contribution in [2.24, 2.45) is 0 Å². The number of carbonyl (C=O) groups is 4. The van der Waals surface area contributed by atoms with Crippen molar-refractivity contribution in [3.63, 3.8) is 0 Å². The van der Waals surface area contributed by atoms with Gasteiger partial charge in [0.05, 0.1) is 34.5 Å². The van der Waals surface area contributed by atoms with E-state index in [0.29, 0.717) is 17.2 Å². The van der Waals surface area contributed by atoms with E-state index in [9.17, 15) is 19.2 Å². The molecular formula is C45H49N7O6. The molecule has 1 N–H and O–H groups in total. The van der Waals surface area contributed by atoms with Gasteiger partial charge in [0.25, 0.3) is 11.8 Å². The number of rotatable bonds is 11. The summed E-state index contributed by atoms with van der Waals surface area (Å²) in [5.41, 5.74) is 5.48. The van der Waals surface area contributed by atoms with Gasteiger partial charge in [-0.1, -0.05) is 12.1 Å². The van der Waals surface area contributed by atoms with Gasteiger partial charge in [0.15, 0.2) is 0 Å². The van der Waals surface area contributed by atoms with Crippen molar-refractivity contribution in [3.8, 4) is 5.75 Å². The van der Waals surface area contributed by atoms with Gasteiger partial charge in [-0.05, 0) is 92.4 Å². The third-order valence-corrected chi connectivity index (χ3v) is 12.2. The molecule has 2 aromatic carbocycles. The van der Waals surface area contributed by atoms with Crippen LogP contribution >= 0.6 is 0 Å². The van der Waals surface area contributed by atoms with Crippen molar-refractivity contribution in [2.45, 2.75) is 69.8 Å². The molecule has 9 rings (SSSR count). The minimum Gasteiger partial charge on any atom is -0.490 e.